The molecule has 4 aromatic rings. The van der Waals surface area contributed by atoms with Crippen LogP contribution in [0.5, 0.6) is 0 Å². The quantitative estimate of drug-likeness (QED) is 0.216. The normalized spacial score (nSPS) is 12.0. The number of carbonyl (C=O) groups is 3. The molecule has 2 aliphatic carbocycles. The lowest BCUT2D eigenvalue weighted by Crippen LogP contribution is -2.03. The van der Waals surface area contributed by atoms with Crippen LogP contribution in [0.4, 0.5) is 5.69 Å². The molecule has 0 saturated carbocycles. The number of benzene rings is 4. The molecule has 4 aromatic carbocycles. The van der Waals surface area contributed by atoms with Gasteiger partial charge in [-0.25, -0.2) is 0 Å². The molecule has 1 amide bonds. The minimum absolute atomic E-state index is 0.0983. The Kier molecular flexibility index (Phi) is 22.7. The van der Waals surface area contributed by atoms with E-state index in [1.807, 2.05) is 146 Å². The van der Waals surface area contributed by atoms with Gasteiger partial charge in [-0.05, 0) is 41.7 Å². The van der Waals surface area contributed by atoms with Crippen LogP contribution in [0, 0.1) is 6.92 Å². The highest BCUT2D eigenvalue weighted by Gasteiger charge is 2.18. The number of rotatable bonds is 0. The zero-order valence-corrected chi connectivity index (χ0v) is 29.1. The molecule has 0 fully saturated rings. The molecule has 4 nitrogen and oxygen atoms in total. The van der Waals surface area contributed by atoms with Crippen molar-refractivity contribution >= 4 is 23.2 Å². The van der Waals surface area contributed by atoms with Gasteiger partial charge in [0.05, 0.1) is 6.42 Å². The average Bonchev–Trinajstić information content (AvgIpc) is 3.80. The van der Waals surface area contributed by atoms with Crippen LogP contribution in [0.25, 0.3) is 0 Å². The molecule has 0 unspecified atom stereocenters. The molecule has 242 valence electrons. The van der Waals surface area contributed by atoms with Gasteiger partial charge < -0.3 is 5.32 Å². The molecule has 3 aliphatic rings. The first-order chi connectivity index (χ1) is 22.0. The van der Waals surface area contributed by atoms with E-state index in [0.29, 0.717) is 37.2 Å². The Morgan fingerprint density at radius 1 is 0.467 bits per heavy atom. The third-order valence-electron chi connectivity index (χ3n) is 6.42. The molecule has 45 heavy (non-hydrogen) atoms. The van der Waals surface area contributed by atoms with Crippen LogP contribution in [0.3, 0.4) is 0 Å². The van der Waals surface area contributed by atoms with Crippen molar-refractivity contribution in [3.8, 4) is 0 Å². The van der Waals surface area contributed by atoms with Crippen molar-refractivity contribution in [1.29, 1.82) is 0 Å². The number of carbonyl (C=O) groups excluding carboxylic acids is 3. The van der Waals surface area contributed by atoms with E-state index < -0.39 is 0 Å². The van der Waals surface area contributed by atoms with Gasteiger partial charge in [0.15, 0.2) is 5.78 Å². The van der Waals surface area contributed by atoms with E-state index in [-0.39, 0.29) is 5.91 Å². The summed E-state index contributed by atoms with van der Waals surface area (Å²) in [5, 5.41) is 2.76. The second-order valence-electron chi connectivity index (χ2n) is 9.28. The first-order valence-corrected chi connectivity index (χ1v) is 16.6. The number of amides is 1. The van der Waals surface area contributed by atoms with Crippen molar-refractivity contribution in [2.75, 3.05) is 5.32 Å². The number of Topliss-reactive ketones (excluding diaryl/α,β-unsaturated/α-hetero) is 2. The summed E-state index contributed by atoms with van der Waals surface area (Å²) in [7, 11) is 0. The highest BCUT2D eigenvalue weighted by molar-refractivity contribution is 6.00. The topological polar surface area (TPSA) is 63.2 Å². The largest absolute Gasteiger partial charge is 0.326 e. The van der Waals surface area contributed by atoms with Crippen LogP contribution in [0.15, 0.2) is 103 Å². The van der Waals surface area contributed by atoms with Crippen molar-refractivity contribution in [3.63, 3.8) is 0 Å². The van der Waals surface area contributed by atoms with Gasteiger partial charge in [0.1, 0.15) is 5.78 Å². The number of hydrogen-bond donors (Lipinski definition) is 1. The molecule has 0 spiro atoms. The number of ketones is 2. The fourth-order valence-electron chi connectivity index (χ4n) is 4.48. The number of anilines is 1. The van der Waals surface area contributed by atoms with Crippen LogP contribution in [-0.2, 0) is 35.3 Å². The van der Waals surface area contributed by atoms with E-state index in [0.717, 1.165) is 23.2 Å². The van der Waals surface area contributed by atoms with Gasteiger partial charge in [0.25, 0.3) is 0 Å². The number of nitrogens with one attached hydrogen (secondary N) is 1. The Bertz CT molecular complexity index is 1280. The third kappa shape index (κ3) is 14.8. The number of fused-ring (bicyclic) bond motifs is 3. The highest BCUT2D eigenvalue weighted by atomic mass is 16.2. The minimum atomic E-state index is 0.0983. The van der Waals surface area contributed by atoms with Crippen LogP contribution >= 0.6 is 0 Å². The average molecular weight is 610 g/mol. The second-order valence-corrected chi connectivity index (χ2v) is 9.28. The monoisotopic (exact) mass is 609 g/mol. The van der Waals surface area contributed by atoms with Crippen LogP contribution < -0.4 is 5.32 Å². The van der Waals surface area contributed by atoms with Crippen molar-refractivity contribution in [2.45, 2.75) is 94.4 Å². The molecule has 0 bridgehead atoms. The predicted molar refractivity (Wildman–Crippen MR) is 193 cm³/mol. The van der Waals surface area contributed by atoms with E-state index in [1.165, 1.54) is 22.3 Å². The van der Waals surface area contributed by atoms with Gasteiger partial charge in [-0.15, -0.1) is 0 Å². The molecule has 7 rings (SSSR count). The second kappa shape index (κ2) is 25.1. The summed E-state index contributed by atoms with van der Waals surface area (Å²) in [6.07, 6.45) is 3.48. The SMILES string of the molecule is CC.CC.CC.CC.Cc1ccccc1.O=C1CCc2ccccc21.O=C1Cc2ccccc2C1.O=C1Cc2ccccc2N1. The first-order valence-electron chi connectivity index (χ1n) is 16.6. The van der Waals surface area contributed by atoms with E-state index in [9.17, 15) is 14.4 Å². The molecule has 0 atom stereocenters. The lowest BCUT2D eigenvalue weighted by molar-refractivity contribution is -0.117. The summed E-state index contributed by atoms with van der Waals surface area (Å²) in [6.45, 7) is 18.1. The Morgan fingerprint density at radius 3 is 1.38 bits per heavy atom. The first kappa shape index (κ1) is 40.7. The number of aryl methyl sites for hydroxylation is 2. The smallest absolute Gasteiger partial charge is 0.228 e. The predicted octanol–water partition coefficient (Wildman–Crippen LogP) is 10.5. The Morgan fingerprint density at radius 2 is 0.911 bits per heavy atom. The molecule has 4 heteroatoms. The van der Waals surface area contributed by atoms with Crippen molar-refractivity contribution < 1.29 is 14.4 Å². The highest BCUT2D eigenvalue weighted by Crippen LogP contribution is 2.21. The summed E-state index contributed by atoms with van der Waals surface area (Å²) in [6, 6.07) is 33.9. The Hall–Kier alpha value is -4.31. The molecular formula is C41H55NO3. The summed E-state index contributed by atoms with van der Waals surface area (Å²) >= 11 is 0. The lowest BCUT2D eigenvalue weighted by Gasteiger charge is -1.93. The molecular weight excluding hydrogens is 554 g/mol. The van der Waals surface area contributed by atoms with Gasteiger partial charge in [-0.3, -0.25) is 14.4 Å². The Labute approximate surface area is 273 Å². The molecule has 0 saturated heterocycles. The number of para-hydroxylation sites is 1. The zero-order chi connectivity index (χ0) is 34.0. The van der Waals surface area contributed by atoms with Gasteiger partial charge >= 0.3 is 0 Å². The lowest BCUT2D eigenvalue weighted by atomic mass is 10.1. The maximum Gasteiger partial charge on any atom is 0.228 e. The minimum Gasteiger partial charge on any atom is -0.326 e. The van der Waals surface area contributed by atoms with Crippen LogP contribution in [-0.4, -0.2) is 17.5 Å². The maximum atomic E-state index is 11.1. The van der Waals surface area contributed by atoms with Gasteiger partial charge in [0, 0.05) is 30.5 Å². The van der Waals surface area contributed by atoms with E-state index in [1.54, 1.807) is 0 Å². The van der Waals surface area contributed by atoms with Crippen molar-refractivity contribution in [2.24, 2.45) is 0 Å². The molecule has 1 heterocycles. The zero-order valence-electron chi connectivity index (χ0n) is 29.1. The van der Waals surface area contributed by atoms with Crippen molar-refractivity contribution in [1.82, 2.24) is 0 Å². The van der Waals surface area contributed by atoms with Gasteiger partial charge in [-0.2, -0.15) is 0 Å². The van der Waals surface area contributed by atoms with E-state index in [4.69, 9.17) is 0 Å². The fourth-order valence-corrected chi connectivity index (χ4v) is 4.48. The molecule has 0 aromatic heterocycles. The summed E-state index contributed by atoms with van der Waals surface area (Å²) in [5.74, 6) is 0.748. The maximum absolute atomic E-state index is 11.1. The van der Waals surface area contributed by atoms with Crippen LogP contribution in [0.2, 0.25) is 0 Å². The summed E-state index contributed by atoms with van der Waals surface area (Å²) < 4.78 is 0. The van der Waals surface area contributed by atoms with Gasteiger partial charge in [0.2, 0.25) is 5.91 Å². The molecule has 1 N–H and O–H groups in total. The summed E-state index contributed by atoms with van der Waals surface area (Å²) in [5.41, 5.74) is 7.97. The standard InChI is InChI=1S/2C9H8O.C8H7NO.C7H8.4C2H6/c10-9-5-7-3-1-2-4-8(7)6-9;10-9-6-5-7-3-1-2-4-8(7)9;10-8-5-6-3-1-2-4-7(6)9-8;1-7-5-3-2-4-6-7;4*1-2/h2*1-4H,5-6H2;1-4H,5H2,(H,9,10);2-6H,1H3;4*1-2H3. The Balaban J connectivity index is 0.000000537. The van der Waals surface area contributed by atoms with E-state index >= 15 is 0 Å². The van der Waals surface area contributed by atoms with Crippen LogP contribution in [0.1, 0.15) is 100.0 Å². The molecule has 1 aliphatic heterocycles. The summed E-state index contributed by atoms with van der Waals surface area (Å²) in [4.78, 5) is 32.8. The van der Waals surface area contributed by atoms with Gasteiger partial charge in [-0.1, -0.05) is 158 Å². The fraction of sp³-hybridized carbons (Fsp3) is 0.341. The molecule has 0 radical (unpaired) electrons. The van der Waals surface area contributed by atoms with E-state index in [2.05, 4.69) is 24.4 Å². The number of hydrogen-bond acceptors (Lipinski definition) is 3. The third-order valence-corrected chi connectivity index (χ3v) is 6.42. The van der Waals surface area contributed by atoms with Crippen molar-refractivity contribution in [3.05, 3.63) is 137 Å².